The minimum atomic E-state index is -2.76. The van der Waals surface area contributed by atoms with E-state index in [0.717, 1.165) is 19.4 Å². The second-order valence-corrected chi connectivity index (χ2v) is 6.42. The Morgan fingerprint density at radius 3 is 2.94 bits per heavy atom. The summed E-state index contributed by atoms with van der Waals surface area (Å²) >= 11 is 0. The zero-order valence-electron chi connectivity index (χ0n) is 9.39. The number of nitrogens with zero attached hydrogens (tertiary/aromatic N) is 2. The summed E-state index contributed by atoms with van der Waals surface area (Å²) in [5, 5.41) is 7.31. The van der Waals surface area contributed by atoms with Crippen LogP contribution in [0.5, 0.6) is 0 Å². The smallest absolute Gasteiger partial charge is 0.154 e. The van der Waals surface area contributed by atoms with Gasteiger partial charge in [0.15, 0.2) is 9.84 Å². The SMILES string of the molecule is CNCCCc1cnn(C2CS(=O)(=O)C2)c1. The van der Waals surface area contributed by atoms with E-state index in [1.165, 1.54) is 5.56 Å². The Balaban J connectivity index is 1.88. The molecule has 1 aromatic rings. The molecule has 0 aliphatic carbocycles. The molecule has 0 spiro atoms. The quantitative estimate of drug-likeness (QED) is 0.740. The standard InChI is InChI=1S/C10H17N3O2S/c1-11-4-2-3-9-5-12-13(6-9)10-7-16(14,15)8-10/h5-6,10-11H,2-4,7-8H2,1H3. The molecule has 6 heteroatoms. The molecule has 1 aliphatic rings. The highest BCUT2D eigenvalue weighted by Gasteiger charge is 2.35. The van der Waals surface area contributed by atoms with Crippen molar-refractivity contribution >= 4 is 9.84 Å². The summed E-state index contributed by atoms with van der Waals surface area (Å²) in [6, 6.07) is 0.0584. The molecule has 1 saturated heterocycles. The van der Waals surface area contributed by atoms with Gasteiger partial charge in [-0.3, -0.25) is 4.68 Å². The fraction of sp³-hybridized carbons (Fsp3) is 0.700. The average Bonchev–Trinajstić information content (AvgIpc) is 2.63. The highest BCUT2D eigenvalue weighted by molar-refractivity contribution is 7.92. The van der Waals surface area contributed by atoms with Crippen LogP contribution in [0.15, 0.2) is 12.4 Å². The molecule has 0 atom stereocenters. The Kier molecular flexibility index (Phi) is 3.30. The van der Waals surface area contributed by atoms with Crippen LogP contribution < -0.4 is 5.32 Å². The molecular formula is C10H17N3O2S. The van der Waals surface area contributed by atoms with E-state index in [1.54, 1.807) is 4.68 Å². The minimum Gasteiger partial charge on any atom is -0.320 e. The van der Waals surface area contributed by atoms with Crippen molar-refractivity contribution in [1.82, 2.24) is 15.1 Å². The molecule has 2 heterocycles. The molecular weight excluding hydrogens is 226 g/mol. The van der Waals surface area contributed by atoms with E-state index in [0.29, 0.717) is 0 Å². The molecule has 1 aliphatic heterocycles. The van der Waals surface area contributed by atoms with Crippen LogP contribution in [0.25, 0.3) is 0 Å². The third kappa shape index (κ3) is 2.62. The first-order chi connectivity index (χ1) is 7.61. The van der Waals surface area contributed by atoms with Crippen molar-refractivity contribution in [3.05, 3.63) is 18.0 Å². The van der Waals surface area contributed by atoms with Gasteiger partial charge in [0.25, 0.3) is 0 Å². The van der Waals surface area contributed by atoms with Gasteiger partial charge in [-0.1, -0.05) is 0 Å². The van der Waals surface area contributed by atoms with Crippen LogP contribution in [-0.2, 0) is 16.3 Å². The maximum absolute atomic E-state index is 11.0. The Morgan fingerprint density at radius 2 is 2.31 bits per heavy atom. The van der Waals surface area contributed by atoms with Gasteiger partial charge in [0.05, 0.1) is 23.7 Å². The fourth-order valence-electron chi connectivity index (χ4n) is 1.87. The highest BCUT2D eigenvalue weighted by atomic mass is 32.2. The Bertz CT molecular complexity index is 440. The molecule has 90 valence electrons. The van der Waals surface area contributed by atoms with Crippen LogP contribution in [-0.4, -0.2) is 43.3 Å². The van der Waals surface area contributed by atoms with Gasteiger partial charge in [0.2, 0.25) is 0 Å². The van der Waals surface area contributed by atoms with Gasteiger partial charge < -0.3 is 5.32 Å². The zero-order chi connectivity index (χ0) is 11.6. The summed E-state index contributed by atoms with van der Waals surface area (Å²) in [4.78, 5) is 0. The molecule has 5 nitrogen and oxygen atoms in total. The summed E-state index contributed by atoms with van der Waals surface area (Å²) in [5.74, 6) is 0.481. The first kappa shape index (κ1) is 11.6. The van der Waals surface area contributed by atoms with E-state index >= 15 is 0 Å². The molecule has 0 unspecified atom stereocenters. The molecule has 1 N–H and O–H groups in total. The topological polar surface area (TPSA) is 64.0 Å². The lowest BCUT2D eigenvalue weighted by Crippen LogP contribution is -2.38. The van der Waals surface area contributed by atoms with Crippen molar-refractivity contribution in [2.75, 3.05) is 25.1 Å². The van der Waals surface area contributed by atoms with Gasteiger partial charge in [-0.25, -0.2) is 8.42 Å². The van der Waals surface area contributed by atoms with Gasteiger partial charge in [-0.05, 0) is 32.0 Å². The van der Waals surface area contributed by atoms with Crippen molar-refractivity contribution in [2.24, 2.45) is 0 Å². The largest absolute Gasteiger partial charge is 0.320 e. The normalized spacial score (nSPS) is 19.6. The van der Waals surface area contributed by atoms with Crippen LogP contribution in [0.1, 0.15) is 18.0 Å². The Hall–Kier alpha value is -0.880. The van der Waals surface area contributed by atoms with Crippen LogP contribution >= 0.6 is 0 Å². The minimum absolute atomic E-state index is 0.0584. The summed E-state index contributed by atoms with van der Waals surface area (Å²) in [7, 11) is -0.828. The molecule has 2 rings (SSSR count). The average molecular weight is 243 g/mol. The number of nitrogens with one attached hydrogen (secondary N) is 1. The van der Waals surface area contributed by atoms with E-state index < -0.39 is 9.84 Å². The lowest BCUT2D eigenvalue weighted by atomic mass is 10.2. The van der Waals surface area contributed by atoms with Gasteiger partial charge >= 0.3 is 0 Å². The van der Waals surface area contributed by atoms with E-state index in [4.69, 9.17) is 0 Å². The molecule has 0 aromatic carbocycles. The van der Waals surface area contributed by atoms with Gasteiger partial charge in [0, 0.05) is 6.20 Å². The molecule has 0 saturated carbocycles. The third-order valence-corrected chi connectivity index (χ3v) is 4.60. The number of aryl methyl sites for hydroxylation is 1. The number of sulfone groups is 1. The van der Waals surface area contributed by atoms with E-state index in [9.17, 15) is 8.42 Å². The lowest BCUT2D eigenvalue weighted by Gasteiger charge is -2.25. The molecule has 0 amide bonds. The Labute approximate surface area is 95.8 Å². The van der Waals surface area contributed by atoms with Crippen LogP contribution in [0, 0.1) is 0 Å². The number of rotatable bonds is 5. The summed E-state index contributed by atoms with van der Waals surface area (Å²) in [5.41, 5.74) is 1.18. The Morgan fingerprint density at radius 1 is 1.56 bits per heavy atom. The fourth-order valence-corrected chi connectivity index (χ4v) is 3.25. The maximum Gasteiger partial charge on any atom is 0.154 e. The second kappa shape index (κ2) is 4.55. The summed E-state index contributed by atoms with van der Waals surface area (Å²) < 4.78 is 23.9. The van der Waals surface area contributed by atoms with Crippen molar-refractivity contribution in [3.63, 3.8) is 0 Å². The molecule has 1 fully saturated rings. The van der Waals surface area contributed by atoms with Gasteiger partial charge in [-0.15, -0.1) is 0 Å². The number of hydrogen-bond donors (Lipinski definition) is 1. The lowest BCUT2D eigenvalue weighted by molar-refractivity contribution is 0.473. The number of hydrogen-bond acceptors (Lipinski definition) is 4. The van der Waals surface area contributed by atoms with Crippen molar-refractivity contribution < 1.29 is 8.42 Å². The predicted octanol–water partition coefficient (Wildman–Crippen LogP) is 0.00460. The zero-order valence-corrected chi connectivity index (χ0v) is 10.2. The monoisotopic (exact) mass is 243 g/mol. The summed E-state index contributed by atoms with van der Waals surface area (Å²) in [6.45, 7) is 0.989. The van der Waals surface area contributed by atoms with E-state index in [-0.39, 0.29) is 17.5 Å². The second-order valence-electron chi connectivity index (χ2n) is 4.27. The van der Waals surface area contributed by atoms with Crippen molar-refractivity contribution in [3.8, 4) is 0 Å². The van der Waals surface area contributed by atoms with Crippen molar-refractivity contribution in [1.29, 1.82) is 0 Å². The molecule has 0 radical (unpaired) electrons. The first-order valence-corrected chi connectivity index (χ1v) is 7.31. The number of aromatic nitrogens is 2. The molecule has 1 aromatic heterocycles. The predicted molar refractivity (Wildman–Crippen MR) is 62.2 cm³/mol. The highest BCUT2D eigenvalue weighted by Crippen LogP contribution is 2.23. The van der Waals surface area contributed by atoms with Gasteiger partial charge in [-0.2, -0.15) is 5.10 Å². The van der Waals surface area contributed by atoms with E-state index in [1.807, 2.05) is 19.4 Å². The van der Waals surface area contributed by atoms with Crippen LogP contribution in [0.4, 0.5) is 0 Å². The summed E-state index contributed by atoms with van der Waals surface area (Å²) in [6.07, 6.45) is 5.86. The van der Waals surface area contributed by atoms with Gasteiger partial charge in [0.1, 0.15) is 0 Å². The first-order valence-electron chi connectivity index (χ1n) is 5.49. The van der Waals surface area contributed by atoms with Crippen LogP contribution in [0.2, 0.25) is 0 Å². The van der Waals surface area contributed by atoms with Crippen LogP contribution in [0.3, 0.4) is 0 Å². The molecule has 0 bridgehead atoms. The maximum atomic E-state index is 11.0. The third-order valence-electron chi connectivity index (χ3n) is 2.81. The van der Waals surface area contributed by atoms with Crippen molar-refractivity contribution in [2.45, 2.75) is 18.9 Å². The molecule has 16 heavy (non-hydrogen) atoms. The van der Waals surface area contributed by atoms with E-state index in [2.05, 4.69) is 10.4 Å².